The Morgan fingerprint density at radius 3 is 2.56 bits per heavy atom. The van der Waals surface area contributed by atoms with Crippen LogP contribution in [-0.4, -0.2) is 14.2 Å². The van der Waals surface area contributed by atoms with Gasteiger partial charge < -0.3 is 9.57 Å². The van der Waals surface area contributed by atoms with E-state index in [1.54, 1.807) is 14.2 Å². The summed E-state index contributed by atoms with van der Waals surface area (Å²) in [7, 11) is 3.40. The summed E-state index contributed by atoms with van der Waals surface area (Å²) in [5.41, 5.74) is 7.09. The summed E-state index contributed by atoms with van der Waals surface area (Å²) in [6.07, 6.45) is 4.84. The second-order valence-electron chi connectivity index (χ2n) is 4.12. The van der Waals surface area contributed by atoms with Gasteiger partial charge in [-0.05, 0) is 48.4 Å². The van der Waals surface area contributed by atoms with E-state index in [0.29, 0.717) is 0 Å². The molecule has 1 aromatic carbocycles. The van der Waals surface area contributed by atoms with E-state index in [4.69, 9.17) is 9.57 Å². The molecule has 0 amide bonds. The van der Waals surface area contributed by atoms with Gasteiger partial charge in [-0.1, -0.05) is 6.07 Å². The molecule has 0 bridgehead atoms. The van der Waals surface area contributed by atoms with E-state index in [1.807, 2.05) is 0 Å². The third-order valence-corrected chi connectivity index (χ3v) is 3.22. The highest BCUT2D eigenvalue weighted by Gasteiger charge is 2.17. The molecule has 88 valence electrons. The highest BCUT2D eigenvalue weighted by Crippen LogP contribution is 2.32. The van der Waals surface area contributed by atoms with Gasteiger partial charge in [-0.15, -0.1) is 0 Å². The first-order valence-electron chi connectivity index (χ1n) is 5.80. The Balaban J connectivity index is 2.32. The molecule has 3 heteroatoms. The number of fused-ring (bicyclic) bond motifs is 1. The Morgan fingerprint density at radius 2 is 1.88 bits per heavy atom. The molecule has 0 fully saturated rings. The number of ether oxygens (including phenoxy) is 1. The van der Waals surface area contributed by atoms with Crippen LogP contribution in [0.4, 0.5) is 0 Å². The topological polar surface area (TPSA) is 30.5 Å². The van der Waals surface area contributed by atoms with Crippen molar-refractivity contribution >= 4 is 0 Å². The highest BCUT2D eigenvalue weighted by molar-refractivity contribution is 5.46. The Hall–Kier alpha value is -1.06. The molecule has 1 N–H and O–H groups in total. The molecule has 1 aliphatic rings. The zero-order valence-corrected chi connectivity index (χ0v) is 10.0. The number of hydrogen-bond acceptors (Lipinski definition) is 3. The van der Waals surface area contributed by atoms with Gasteiger partial charge in [0.15, 0.2) is 0 Å². The van der Waals surface area contributed by atoms with Gasteiger partial charge >= 0.3 is 0 Å². The van der Waals surface area contributed by atoms with Gasteiger partial charge in [-0.25, -0.2) is 0 Å². The Labute approximate surface area is 96.7 Å². The summed E-state index contributed by atoms with van der Waals surface area (Å²) in [5, 5.41) is 0. The second-order valence-corrected chi connectivity index (χ2v) is 4.12. The van der Waals surface area contributed by atoms with Gasteiger partial charge in [0.25, 0.3) is 0 Å². The Bertz CT molecular complexity index is 363. The van der Waals surface area contributed by atoms with Gasteiger partial charge in [0, 0.05) is 6.54 Å². The van der Waals surface area contributed by atoms with Crippen molar-refractivity contribution < 1.29 is 9.57 Å². The molecule has 0 radical (unpaired) electrons. The summed E-state index contributed by atoms with van der Waals surface area (Å²) in [5.74, 6) is 1.04. The van der Waals surface area contributed by atoms with Crippen molar-refractivity contribution in [3.8, 4) is 5.75 Å². The monoisotopic (exact) mass is 221 g/mol. The molecule has 1 aliphatic carbocycles. The lowest BCUT2D eigenvalue weighted by Crippen LogP contribution is -2.15. The van der Waals surface area contributed by atoms with Crippen LogP contribution in [0.25, 0.3) is 0 Å². The number of methoxy groups -OCH3 is 1. The Kier molecular flexibility index (Phi) is 3.80. The predicted molar refractivity (Wildman–Crippen MR) is 63.5 cm³/mol. The summed E-state index contributed by atoms with van der Waals surface area (Å²) in [6.45, 7) is 0.767. The first-order valence-corrected chi connectivity index (χ1v) is 5.80. The van der Waals surface area contributed by atoms with Crippen LogP contribution >= 0.6 is 0 Å². The normalized spacial score (nSPS) is 14.6. The van der Waals surface area contributed by atoms with E-state index < -0.39 is 0 Å². The molecule has 1 aromatic rings. The lowest BCUT2D eigenvalue weighted by molar-refractivity contribution is 0.0864. The fourth-order valence-corrected chi connectivity index (χ4v) is 2.42. The van der Waals surface area contributed by atoms with Gasteiger partial charge in [0.2, 0.25) is 0 Å². The van der Waals surface area contributed by atoms with E-state index in [2.05, 4.69) is 17.6 Å². The molecule has 0 unspecified atom stereocenters. The van der Waals surface area contributed by atoms with E-state index in [1.165, 1.54) is 29.5 Å². The van der Waals surface area contributed by atoms with Crippen molar-refractivity contribution in [2.45, 2.75) is 32.2 Å². The average Bonchev–Trinajstić information content (AvgIpc) is 2.36. The van der Waals surface area contributed by atoms with E-state index >= 15 is 0 Å². The van der Waals surface area contributed by atoms with Crippen molar-refractivity contribution in [2.24, 2.45) is 0 Å². The minimum atomic E-state index is 0.767. The maximum absolute atomic E-state index is 5.42. The molecular weight excluding hydrogens is 202 g/mol. The van der Waals surface area contributed by atoms with E-state index in [0.717, 1.165) is 25.1 Å². The molecule has 16 heavy (non-hydrogen) atoms. The quantitative estimate of drug-likeness (QED) is 0.791. The van der Waals surface area contributed by atoms with Crippen LogP contribution in [0.1, 0.15) is 29.5 Å². The van der Waals surface area contributed by atoms with Crippen LogP contribution in [-0.2, 0) is 24.2 Å². The molecule has 2 rings (SSSR count). The highest BCUT2D eigenvalue weighted by atomic mass is 16.6. The standard InChI is InChI=1S/C13H19NO2/c1-15-13-8-7-10(9-14-16-2)11-5-3-4-6-12(11)13/h7-8,14H,3-6,9H2,1-2H3. The minimum absolute atomic E-state index is 0.767. The van der Waals surface area contributed by atoms with Crippen molar-refractivity contribution in [3.05, 3.63) is 28.8 Å². The van der Waals surface area contributed by atoms with Gasteiger partial charge in [-0.3, -0.25) is 0 Å². The zero-order valence-electron chi connectivity index (χ0n) is 10.0. The SMILES string of the molecule is CONCc1ccc(OC)c2c1CCCC2. The first kappa shape index (κ1) is 11.4. The number of hydroxylamine groups is 1. The number of benzene rings is 1. The van der Waals surface area contributed by atoms with Crippen LogP contribution in [0.2, 0.25) is 0 Å². The third-order valence-electron chi connectivity index (χ3n) is 3.22. The van der Waals surface area contributed by atoms with E-state index in [-0.39, 0.29) is 0 Å². The number of hydrogen-bond donors (Lipinski definition) is 1. The van der Waals surface area contributed by atoms with E-state index in [9.17, 15) is 0 Å². The zero-order chi connectivity index (χ0) is 11.4. The van der Waals surface area contributed by atoms with Gasteiger partial charge in [-0.2, -0.15) is 5.48 Å². The maximum atomic E-state index is 5.42. The molecule has 0 atom stereocenters. The summed E-state index contributed by atoms with van der Waals surface area (Å²) in [6, 6.07) is 4.20. The molecule has 0 saturated carbocycles. The predicted octanol–water partition coefficient (Wildman–Crippen LogP) is 2.22. The largest absolute Gasteiger partial charge is 0.496 e. The molecule has 0 saturated heterocycles. The second kappa shape index (κ2) is 5.32. The fraction of sp³-hybridized carbons (Fsp3) is 0.538. The van der Waals surface area contributed by atoms with Gasteiger partial charge in [0.05, 0.1) is 14.2 Å². The van der Waals surface area contributed by atoms with Crippen molar-refractivity contribution in [1.29, 1.82) is 0 Å². The fourth-order valence-electron chi connectivity index (χ4n) is 2.42. The molecule has 0 aromatic heterocycles. The average molecular weight is 221 g/mol. The smallest absolute Gasteiger partial charge is 0.122 e. The molecule has 0 aliphatic heterocycles. The summed E-state index contributed by atoms with van der Waals surface area (Å²) < 4.78 is 5.42. The maximum Gasteiger partial charge on any atom is 0.122 e. The summed E-state index contributed by atoms with van der Waals surface area (Å²) >= 11 is 0. The first-order chi connectivity index (χ1) is 7.86. The van der Waals surface area contributed by atoms with Crippen LogP contribution in [0.15, 0.2) is 12.1 Å². The lowest BCUT2D eigenvalue weighted by Gasteiger charge is -2.22. The van der Waals surface area contributed by atoms with Crippen LogP contribution < -0.4 is 10.2 Å². The third kappa shape index (κ3) is 2.20. The van der Waals surface area contributed by atoms with Crippen LogP contribution in [0.5, 0.6) is 5.75 Å². The van der Waals surface area contributed by atoms with Crippen molar-refractivity contribution in [3.63, 3.8) is 0 Å². The van der Waals surface area contributed by atoms with Crippen LogP contribution in [0.3, 0.4) is 0 Å². The molecular formula is C13H19NO2. The van der Waals surface area contributed by atoms with Gasteiger partial charge in [0.1, 0.15) is 5.75 Å². The molecule has 3 nitrogen and oxygen atoms in total. The van der Waals surface area contributed by atoms with Crippen LogP contribution in [0, 0.1) is 0 Å². The Morgan fingerprint density at radius 1 is 1.12 bits per heavy atom. The van der Waals surface area contributed by atoms with Crippen molar-refractivity contribution in [1.82, 2.24) is 5.48 Å². The lowest BCUT2D eigenvalue weighted by atomic mass is 9.87. The molecule has 0 spiro atoms. The summed E-state index contributed by atoms with van der Waals surface area (Å²) in [4.78, 5) is 4.91. The number of rotatable bonds is 4. The minimum Gasteiger partial charge on any atom is -0.496 e. The molecule has 0 heterocycles. The number of nitrogens with one attached hydrogen (secondary N) is 1. The van der Waals surface area contributed by atoms with Crippen molar-refractivity contribution in [2.75, 3.05) is 14.2 Å².